The molecule has 0 atom stereocenters. The van der Waals surface area contributed by atoms with Crippen LogP contribution in [0.2, 0.25) is 0 Å². The normalized spacial score (nSPS) is 9.41. The van der Waals surface area contributed by atoms with Gasteiger partial charge in [-0.25, -0.2) is 13.2 Å². The van der Waals surface area contributed by atoms with Crippen molar-refractivity contribution in [1.29, 1.82) is 0 Å². The molecule has 0 aliphatic carbocycles. The van der Waals surface area contributed by atoms with Crippen LogP contribution in [0.15, 0.2) is 12.1 Å². The summed E-state index contributed by atoms with van der Waals surface area (Å²) < 4.78 is 42.7. The highest BCUT2D eigenvalue weighted by atomic mass is 19.2. The van der Waals surface area contributed by atoms with Gasteiger partial charge in [-0.05, 0) is 19.1 Å². The molecule has 0 aliphatic rings. The monoisotopic (exact) mass is 242 g/mol. The van der Waals surface area contributed by atoms with E-state index in [9.17, 15) is 18.0 Å². The molecule has 0 saturated carbocycles. The molecule has 0 aliphatic heterocycles. The maximum absolute atomic E-state index is 12.8. The van der Waals surface area contributed by atoms with Gasteiger partial charge in [0.05, 0.1) is 6.61 Å². The Kier molecular flexibility index (Phi) is 4.58. The zero-order chi connectivity index (χ0) is 12.8. The van der Waals surface area contributed by atoms with Crippen molar-refractivity contribution in [1.82, 2.24) is 0 Å². The third-order valence-electron chi connectivity index (χ3n) is 1.75. The third kappa shape index (κ3) is 3.83. The first-order chi connectivity index (χ1) is 8.04. The van der Waals surface area contributed by atoms with Gasteiger partial charge in [-0.15, -0.1) is 0 Å². The molecule has 0 bridgehead atoms. The Morgan fingerprint density at radius 3 is 2.41 bits per heavy atom. The van der Waals surface area contributed by atoms with Crippen molar-refractivity contribution in [3.63, 3.8) is 0 Å². The molecule has 90 valence electrons. The molecule has 0 unspecified atom stereocenters. The first-order valence-electron chi connectivity index (χ1n) is 4.83. The van der Waals surface area contributed by atoms with E-state index in [1.54, 1.807) is 6.92 Å². The van der Waals surface area contributed by atoms with Crippen molar-refractivity contribution in [2.45, 2.75) is 13.3 Å². The number of halogens is 3. The first kappa shape index (κ1) is 13.1. The standard InChI is InChI=1S/C12H9F3O2/c1-2-17-11(16)5-3-4-8-6-9(13)12(15)10(14)7-8/h6-7H,2,5H2,1H3. The van der Waals surface area contributed by atoms with Crippen LogP contribution in [0, 0.1) is 29.3 Å². The second-order valence-corrected chi connectivity index (χ2v) is 3.04. The molecule has 5 heteroatoms. The first-order valence-corrected chi connectivity index (χ1v) is 4.83. The molecule has 2 nitrogen and oxygen atoms in total. The molecule has 0 fully saturated rings. The maximum atomic E-state index is 12.8. The van der Waals surface area contributed by atoms with Crippen LogP contribution in [-0.4, -0.2) is 12.6 Å². The summed E-state index contributed by atoms with van der Waals surface area (Å²) in [7, 11) is 0. The molecule has 0 amide bonds. The van der Waals surface area contributed by atoms with Crippen LogP contribution in [0.3, 0.4) is 0 Å². The van der Waals surface area contributed by atoms with Crippen LogP contribution >= 0.6 is 0 Å². The zero-order valence-electron chi connectivity index (χ0n) is 9.02. The van der Waals surface area contributed by atoms with Crippen LogP contribution < -0.4 is 0 Å². The van der Waals surface area contributed by atoms with Gasteiger partial charge >= 0.3 is 5.97 Å². The smallest absolute Gasteiger partial charge is 0.317 e. The predicted octanol–water partition coefficient (Wildman–Crippen LogP) is 2.41. The van der Waals surface area contributed by atoms with Gasteiger partial charge in [-0.3, -0.25) is 4.79 Å². The largest absolute Gasteiger partial charge is 0.465 e. The Bertz CT molecular complexity index is 463. The average Bonchev–Trinajstić information content (AvgIpc) is 2.26. The van der Waals surface area contributed by atoms with Crippen molar-refractivity contribution < 1.29 is 22.7 Å². The Hall–Kier alpha value is -1.96. The minimum absolute atomic E-state index is 0.0364. The highest BCUT2D eigenvalue weighted by molar-refractivity contribution is 5.72. The third-order valence-corrected chi connectivity index (χ3v) is 1.75. The van der Waals surface area contributed by atoms with Crippen LogP contribution in [0.5, 0.6) is 0 Å². The summed E-state index contributed by atoms with van der Waals surface area (Å²) >= 11 is 0. The fourth-order valence-electron chi connectivity index (χ4n) is 1.06. The summed E-state index contributed by atoms with van der Waals surface area (Å²) in [5.41, 5.74) is -0.0364. The van der Waals surface area contributed by atoms with Crippen molar-refractivity contribution in [2.75, 3.05) is 6.61 Å². The number of carbonyl (C=O) groups excluding carboxylic acids is 1. The van der Waals surface area contributed by atoms with Gasteiger partial charge in [-0.2, -0.15) is 0 Å². The number of hydrogen-bond acceptors (Lipinski definition) is 2. The molecule has 0 saturated heterocycles. The second-order valence-electron chi connectivity index (χ2n) is 3.04. The van der Waals surface area contributed by atoms with Crippen molar-refractivity contribution in [3.05, 3.63) is 35.1 Å². The molecule has 0 spiro atoms. The molecule has 0 aromatic heterocycles. The van der Waals surface area contributed by atoms with Gasteiger partial charge in [0, 0.05) is 5.56 Å². The number of ether oxygens (including phenoxy) is 1. The Labute approximate surface area is 96.4 Å². The molecule has 17 heavy (non-hydrogen) atoms. The quantitative estimate of drug-likeness (QED) is 0.452. The Morgan fingerprint density at radius 1 is 1.29 bits per heavy atom. The SMILES string of the molecule is CCOC(=O)CC#Cc1cc(F)c(F)c(F)c1. The van der Waals surface area contributed by atoms with E-state index in [1.165, 1.54) is 0 Å². The molecule has 0 N–H and O–H groups in total. The minimum Gasteiger partial charge on any atom is -0.465 e. The maximum Gasteiger partial charge on any atom is 0.317 e. The highest BCUT2D eigenvalue weighted by Crippen LogP contribution is 2.12. The lowest BCUT2D eigenvalue weighted by Gasteiger charge is -1.96. The van der Waals surface area contributed by atoms with E-state index < -0.39 is 23.4 Å². The predicted molar refractivity (Wildman–Crippen MR) is 54.4 cm³/mol. The molecular weight excluding hydrogens is 233 g/mol. The van der Waals surface area contributed by atoms with Gasteiger partial charge in [0.15, 0.2) is 17.5 Å². The molecule has 0 radical (unpaired) electrons. The minimum atomic E-state index is -1.54. The number of hydrogen-bond donors (Lipinski definition) is 0. The van der Waals surface area contributed by atoms with Gasteiger partial charge in [0.1, 0.15) is 6.42 Å². The lowest BCUT2D eigenvalue weighted by Crippen LogP contribution is -2.01. The van der Waals surface area contributed by atoms with Crippen molar-refractivity contribution in [2.24, 2.45) is 0 Å². The van der Waals surface area contributed by atoms with E-state index in [2.05, 4.69) is 16.6 Å². The summed E-state index contributed by atoms with van der Waals surface area (Å²) in [6.07, 6.45) is -0.186. The lowest BCUT2D eigenvalue weighted by molar-refractivity contribution is -0.141. The van der Waals surface area contributed by atoms with E-state index in [1.807, 2.05) is 0 Å². The molecule has 1 rings (SSSR count). The average molecular weight is 242 g/mol. The van der Waals surface area contributed by atoms with Crippen molar-refractivity contribution in [3.8, 4) is 11.8 Å². The number of benzene rings is 1. The van der Waals surface area contributed by atoms with Gasteiger partial charge < -0.3 is 4.74 Å². The zero-order valence-corrected chi connectivity index (χ0v) is 9.02. The van der Waals surface area contributed by atoms with Crippen molar-refractivity contribution >= 4 is 5.97 Å². The van der Waals surface area contributed by atoms with E-state index in [-0.39, 0.29) is 18.6 Å². The van der Waals surface area contributed by atoms with E-state index >= 15 is 0 Å². The summed E-state index contributed by atoms with van der Waals surface area (Å²) in [6, 6.07) is 1.52. The lowest BCUT2D eigenvalue weighted by atomic mass is 10.2. The number of carbonyl (C=O) groups is 1. The molecule has 1 aromatic rings. The summed E-state index contributed by atoms with van der Waals surface area (Å²) in [4.78, 5) is 10.9. The van der Waals surface area contributed by atoms with E-state index in [0.717, 1.165) is 12.1 Å². The summed E-state index contributed by atoms with van der Waals surface area (Å²) in [5, 5.41) is 0. The van der Waals surface area contributed by atoms with E-state index in [4.69, 9.17) is 0 Å². The Morgan fingerprint density at radius 2 is 1.88 bits per heavy atom. The van der Waals surface area contributed by atoms with E-state index in [0.29, 0.717) is 0 Å². The van der Waals surface area contributed by atoms with Gasteiger partial charge in [-0.1, -0.05) is 11.8 Å². The fraction of sp³-hybridized carbons (Fsp3) is 0.250. The molecular formula is C12H9F3O2. The van der Waals surface area contributed by atoms with Crippen LogP contribution in [0.25, 0.3) is 0 Å². The Balaban J connectivity index is 2.76. The van der Waals surface area contributed by atoms with Gasteiger partial charge in [0.25, 0.3) is 0 Å². The number of rotatable bonds is 2. The van der Waals surface area contributed by atoms with Crippen LogP contribution in [0.1, 0.15) is 18.9 Å². The highest BCUT2D eigenvalue weighted by Gasteiger charge is 2.09. The second kappa shape index (κ2) is 5.94. The summed E-state index contributed by atoms with van der Waals surface area (Å²) in [6.45, 7) is 1.89. The van der Waals surface area contributed by atoms with Gasteiger partial charge in [0.2, 0.25) is 0 Å². The number of esters is 1. The van der Waals surface area contributed by atoms with Crippen LogP contribution in [-0.2, 0) is 9.53 Å². The molecule has 0 heterocycles. The summed E-state index contributed by atoms with van der Waals surface area (Å²) in [5.74, 6) is 0.0306. The molecule has 1 aromatic carbocycles. The topological polar surface area (TPSA) is 26.3 Å². The fourth-order valence-corrected chi connectivity index (χ4v) is 1.06. The van der Waals surface area contributed by atoms with Crippen LogP contribution in [0.4, 0.5) is 13.2 Å².